The van der Waals surface area contributed by atoms with Crippen molar-refractivity contribution in [2.75, 3.05) is 11.9 Å². The van der Waals surface area contributed by atoms with Crippen molar-refractivity contribution in [3.8, 4) is 0 Å². The van der Waals surface area contributed by atoms with Gasteiger partial charge in [-0.15, -0.1) is 0 Å². The summed E-state index contributed by atoms with van der Waals surface area (Å²) in [4.78, 5) is 17.2. The number of amides is 1. The number of nitrogens with zero attached hydrogens (tertiary/aromatic N) is 1. The van der Waals surface area contributed by atoms with Crippen LogP contribution < -0.4 is 5.32 Å². The molecule has 1 saturated heterocycles. The lowest BCUT2D eigenvalue weighted by Gasteiger charge is -2.51. The Morgan fingerprint density at radius 1 is 1.13 bits per heavy atom. The first-order valence-electron chi connectivity index (χ1n) is 10.6. The van der Waals surface area contributed by atoms with Crippen LogP contribution in [0, 0.1) is 18.2 Å². The van der Waals surface area contributed by atoms with Crippen molar-refractivity contribution in [2.24, 2.45) is 5.41 Å². The number of anilines is 1. The van der Waals surface area contributed by atoms with Crippen LogP contribution in [-0.4, -0.2) is 23.6 Å². The summed E-state index contributed by atoms with van der Waals surface area (Å²) in [5.74, 6) is 0.0635. The number of pyridine rings is 1. The van der Waals surface area contributed by atoms with E-state index < -0.39 is 6.10 Å². The highest BCUT2D eigenvalue weighted by atomic mass is 19.1. The maximum absolute atomic E-state index is 13.8. The second kappa shape index (κ2) is 7.47. The molecule has 1 spiro atoms. The van der Waals surface area contributed by atoms with Crippen LogP contribution in [-0.2, 0) is 9.53 Å². The number of aryl methyl sites for hydroxylation is 1. The zero-order valence-corrected chi connectivity index (χ0v) is 17.0. The Labute approximate surface area is 175 Å². The van der Waals surface area contributed by atoms with Crippen LogP contribution in [0.4, 0.5) is 10.1 Å². The van der Waals surface area contributed by atoms with Gasteiger partial charge in [0.25, 0.3) is 5.91 Å². The molecule has 5 heteroatoms. The Morgan fingerprint density at radius 2 is 1.90 bits per heavy atom. The predicted octanol–water partition coefficient (Wildman–Crippen LogP) is 5.36. The van der Waals surface area contributed by atoms with E-state index in [0.29, 0.717) is 12.5 Å². The van der Waals surface area contributed by atoms with Gasteiger partial charge in [-0.1, -0.05) is 17.7 Å². The Kier molecular flexibility index (Phi) is 4.78. The number of carbonyl (C=O) groups is 1. The lowest BCUT2D eigenvalue weighted by Crippen LogP contribution is -2.58. The molecule has 1 aromatic heterocycles. The van der Waals surface area contributed by atoms with Crippen molar-refractivity contribution in [2.45, 2.75) is 44.6 Å². The van der Waals surface area contributed by atoms with Gasteiger partial charge in [-0.3, -0.25) is 9.78 Å². The zero-order chi connectivity index (χ0) is 20.7. The number of rotatable bonds is 3. The molecule has 30 heavy (non-hydrogen) atoms. The Morgan fingerprint density at radius 3 is 2.60 bits per heavy atom. The van der Waals surface area contributed by atoms with Crippen molar-refractivity contribution < 1.29 is 13.9 Å². The third-order valence-corrected chi connectivity index (χ3v) is 6.81. The second-order valence-electron chi connectivity index (χ2n) is 8.74. The standard InChI is InChI=1S/C25H25FN2O2/c1-16-2-5-19(6-3-16)28-24(29)23-25(15-30-23)11-8-17(9-12-25)20-10-13-27-22-7-4-18(26)14-21(20)22/h2-7,10,13-14,17,23H,8-9,11-12,15H2,1H3,(H,28,29). The average molecular weight is 404 g/mol. The molecule has 3 aromatic rings. The molecule has 1 aliphatic heterocycles. The number of nitrogens with one attached hydrogen (secondary N) is 1. The molecule has 5 rings (SSSR count). The molecule has 2 heterocycles. The summed E-state index contributed by atoms with van der Waals surface area (Å²) in [6.45, 7) is 2.66. The van der Waals surface area contributed by atoms with E-state index in [2.05, 4.69) is 10.3 Å². The first-order valence-corrected chi connectivity index (χ1v) is 10.6. The minimum Gasteiger partial charge on any atom is -0.367 e. The molecule has 154 valence electrons. The molecular formula is C25H25FN2O2. The number of fused-ring (bicyclic) bond motifs is 1. The van der Waals surface area contributed by atoms with Crippen molar-refractivity contribution in [1.29, 1.82) is 0 Å². The van der Waals surface area contributed by atoms with E-state index in [1.807, 2.05) is 43.5 Å². The van der Waals surface area contributed by atoms with Crippen LogP contribution in [0.15, 0.2) is 54.7 Å². The van der Waals surface area contributed by atoms with Gasteiger partial charge in [0.15, 0.2) is 0 Å². The molecule has 2 aromatic carbocycles. The van der Waals surface area contributed by atoms with Crippen molar-refractivity contribution in [1.82, 2.24) is 4.98 Å². The topological polar surface area (TPSA) is 51.2 Å². The number of ether oxygens (including phenoxy) is 1. The predicted molar refractivity (Wildman–Crippen MR) is 115 cm³/mol. The number of halogens is 1. The fraction of sp³-hybridized carbons (Fsp3) is 0.360. The van der Waals surface area contributed by atoms with Gasteiger partial charge in [0.1, 0.15) is 11.9 Å². The van der Waals surface area contributed by atoms with E-state index in [4.69, 9.17) is 4.74 Å². The van der Waals surface area contributed by atoms with Gasteiger partial charge >= 0.3 is 0 Å². The van der Waals surface area contributed by atoms with Crippen LogP contribution >= 0.6 is 0 Å². The van der Waals surface area contributed by atoms with E-state index >= 15 is 0 Å². The maximum Gasteiger partial charge on any atom is 0.254 e. The van der Waals surface area contributed by atoms with E-state index in [1.54, 1.807) is 12.1 Å². The summed E-state index contributed by atoms with van der Waals surface area (Å²) >= 11 is 0. The van der Waals surface area contributed by atoms with Gasteiger partial charge in [-0.25, -0.2) is 4.39 Å². The number of hydrogen-bond acceptors (Lipinski definition) is 3. The molecule has 4 nitrogen and oxygen atoms in total. The first kappa shape index (κ1) is 19.2. The van der Waals surface area contributed by atoms with Crippen molar-refractivity contribution >= 4 is 22.5 Å². The zero-order valence-electron chi connectivity index (χ0n) is 17.0. The normalized spacial score (nSPS) is 25.8. The summed E-state index contributed by atoms with van der Waals surface area (Å²) in [5, 5.41) is 3.90. The van der Waals surface area contributed by atoms with Gasteiger partial charge < -0.3 is 10.1 Å². The van der Waals surface area contributed by atoms with Gasteiger partial charge in [0.05, 0.1) is 12.1 Å². The van der Waals surface area contributed by atoms with E-state index in [1.165, 1.54) is 6.07 Å². The molecule has 1 N–H and O–H groups in total. The number of carbonyl (C=O) groups excluding carboxylic acids is 1. The molecule has 1 unspecified atom stereocenters. The van der Waals surface area contributed by atoms with Gasteiger partial charge in [0.2, 0.25) is 0 Å². The molecule has 0 radical (unpaired) electrons. The summed E-state index contributed by atoms with van der Waals surface area (Å²) in [6.07, 6.45) is 5.21. The smallest absolute Gasteiger partial charge is 0.254 e. The fourth-order valence-corrected chi connectivity index (χ4v) is 5.01. The lowest BCUT2D eigenvalue weighted by molar-refractivity contribution is -0.201. The van der Waals surface area contributed by atoms with Crippen LogP contribution in [0.5, 0.6) is 0 Å². The summed E-state index contributed by atoms with van der Waals surface area (Å²) < 4.78 is 19.6. The SMILES string of the molecule is Cc1ccc(NC(=O)C2OCC23CCC(c2ccnc4ccc(F)cc24)CC3)cc1. The van der Waals surface area contributed by atoms with Crippen LogP contribution in [0.25, 0.3) is 10.9 Å². The number of benzene rings is 2. The molecule has 1 aliphatic carbocycles. The van der Waals surface area contributed by atoms with Gasteiger partial charge in [-0.05, 0) is 80.5 Å². The minimum absolute atomic E-state index is 0.0556. The van der Waals surface area contributed by atoms with Crippen LogP contribution in [0.1, 0.15) is 42.7 Å². The average Bonchev–Trinajstić information content (AvgIpc) is 2.74. The summed E-state index contributed by atoms with van der Waals surface area (Å²) in [6, 6.07) is 14.6. The molecule has 1 saturated carbocycles. The molecule has 2 aliphatic rings. The number of aromatic nitrogens is 1. The molecule has 1 atom stereocenters. The quantitative estimate of drug-likeness (QED) is 0.639. The largest absolute Gasteiger partial charge is 0.367 e. The fourth-order valence-electron chi connectivity index (χ4n) is 5.01. The molecule has 2 fully saturated rings. The van der Waals surface area contributed by atoms with E-state index in [9.17, 15) is 9.18 Å². The monoisotopic (exact) mass is 404 g/mol. The third kappa shape index (κ3) is 3.37. The highest BCUT2D eigenvalue weighted by Gasteiger charge is 2.53. The molecular weight excluding hydrogens is 379 g/mol. The summed E-state index contributed by atoms with van der Waals surface area (Å²) in [5.41, 5.74) is 3.87. The maximum atomic E-state index is 13.8. The highest BCUT2D eigenvalue weighted by molar-refractivity contribution is 5.95. The Bertz CT molecular complexity index is 1090. The number of hydrogen-bond donors (Lipinski definition) is 1. The van der Waals surface area contributed by atoms with Crippen LogP contribution in [0.2, 0.25) is 0 Å². The summed E-state index contributed by atoms with van der Waals surface area (Å²) in [7, 11) is 0. The Hall–Kier alpha value is -2.79. The van der Waals surface area contributed by atoms with Crippen molar-refractivity contribution in [3.05, 3.63) is 71.7 Å². The minimum atomic E-state index is -0.397. The van der Waals surface area contributed by atoms with Gasteiger partial charge in [0, 0.05) is 22.7 Å². The van der Waals surface area contributed by atoms with Crippen LogP contribution in [0.3, 0.4) is 0 Å². The molecule has 1 amide bonds. The van der Waals surface area contributed by atoms with Gasteiger partial charge in [-0.2, -0.15) is 0 Å². The molecule has 0 bridgehead atoms. The third-order valence-electron chi connectivity index (χ3n) is 6.81. The highest BCUT2D eigenvalue weighted by Crippen LogP contribution is 2.51. The lowest BCUT2D eigenvalue weighted by atomic mass is 9.63. The second-order valence-corrected chi connectivity index (χ2v) is 8.74. The Balaban J connectivity index is 1.29. The van der Waals surface area contributed by atoms with Crippen molar-refractivity contribution in [3.63, 3.8) is 0 Å². The van der Waals surface area contributed by atoms with E-state index in [-0.39, 0.29) is 17.1 Å². The first-order chi connectivity index (χ1) is 14.5. The van der Waals surface area contributed by atoms with E-state index in [0.717, 1.165) is 53.4 Å².